The number of hydrogen-bond acceptors (Lipinski definition) is 3. The monoisotopic (exact) mass is 314 g/mol. The van der Waals surface area contributed by atoms with Crippen LogP contribution >= 0.6 is 0 Å². The normalized spacial score (nSPS) is 12.4. The summed E-state index contributed by atoms with van der Waals surface area (Å²) in [7, 11) is 0.684. The summed E-state index contributed by atoms with van der Waals surface area (Å²) in [6.07, 6.45) is 1.80. The standard InChI is InChI=1S/C17H18N2O2S/c1-18-10-11-21-15-9-5-8-14-16(12-19-17(14)15)22(20)13-6-3-2-4-7-13/h2-9,12,18-19H,10-11H2,1H3. The molecule has 2 N–H and O–H groups in total. The zero-order valence-electron chi connectivity index (χ0n) is 12.3. The third kappa shape index (κ3) is 2.91. The lowest BCUT2D eigenvalue weighted by molar-refractivity contribution is 0.321. The quantitative estimate of drug-likeness (QED) is 0.688. The third-order valence-corrected chi connectivity index (χ3v) is 4.84. The van der Waals surface area contributed by atoms with Crippen LogP contribution in [0.15, 0.2) is 64.5 Å². The Hall–Kier alpha value is -2.11. The molecule has 0 aliphatic heterocycles. The molecular weight excluding hydrogens is 296 g/mol. The van der Waals surface area contributed by atoms with Crippen LogP contribution in [0.1, 0.15) is 0 Å². The fraction of sp³-hybridized carbons (Fsp3) is 0.176. The highest BCUT2D eigenvalue weighted by atomic mass is 32.2. The van der Waals surface area contributed by atoms with Gasteiger partial charge >= 0.3 is 0 Å². The predicted octanol–water partition coefficient (Wildman–Crippen LogP) is 2.93. The molecule has 0 bridgehead atoms. The molecule has 0 radical (unpaired) electrons. The number of rotatable bonds is 6. The smallest absolute Gasteiger partial charge is 0.143 e. The van der Waals surface area contributed by atoms with Crippen molar-refractivity contribution < 1.29 is 8.95 Å². The van der Waals surface area contributed by atoms with Gasteiger partial charge in [-0.25, -0.2) is 4.21 Å². The molecule has 0 spiro atoms. The minimum atomic E-state index is -1.20. The molecule has 0 saturated carbocycles. The lowest BCUT2D eigenvalue weighted by Crippen LogP contribution is -2.16. The average molecular weight is 314 g/mol. The van der Waals surface area contributed by atoms with Crippen molar-refractivity contribution in [1.82, 2.24) is 10.3 Å². The molecule has 3 aromatic rings. The lowest BCUT2D eigenvalue weighted by Gasteiger charge is -2.07. The first-order chi connectivity index (χ1) is 10.8. The van der Waals surface area contributed by atoms with Crippen LogP contribution in [0.2, 0.25) is 0 Å². The highest BCUT2D eigenvalue weighted by Gasteiger charge is 2.14. The molecule has 0 amide bonds. The molecule has 2 aromatic carbocycles. The van der Waals surface area contributed by atoms with Gasteiger partial charge in [0.2, 0.25) is 0 Å². The van der Waals surface area contributed by atoms with E-state index in [9.17, 15) is 4.21 Å². The SMILES string of the molecule is CNCCOc1cccc2c(S(=O)c3ccccc3)c[nH]c12. The Morgan fingerprint density at radius 2 is 1.95 bits per heavy atom. The second kappa shape index (κ2) is 6.77. The van der Waals surface area contributed by atoms with Crippen LogP contribution in [0.25, 0.3) is 10.9 Å². The Morgan fingerprint density at radius 1 is 1.14 bits per heavy atom. The van der Waals surface area contributed by atoms with Gasteiger partial charge in [-0.05, 0) is 25.2 Å². The summed E-state index contributed by atoms with van der Waals surface area (Å²) in [5.41, 5.74) is 0.887. The Balaban J connectivity index is 1.95. The number of ether oxygens (including phenoxy) is 1. The van der Waals surface area contributed by atoms with Gasteiger partial charge in [-0.2, -0.15) is 0 Å². The van der Waals surface area contributed by atoms with E-state index >= 15 is 0 Å². The molecule has 114 valence electrons. The first-order valence-corrected chi connectivity index (χ1v) is 8.30. The van der Waals surface area contributed by atoms with Crippen LogP contribution in [0.3, 0.4) is 0 Å². The number of aromatic nitrogens is 1. The van der Waals surface area contributed by atoms with Gasteiger partial charge in [0.05, 0.1) is 21.2 Å². The molecule has 0 saturated heterocycles. The van der Waals surface area contributed by atoms with E-state index in [2.05, 4.69) is 10.3 Å². The molecule has 1 atom stereocenters. The summed E-state index contributed by atoms with van der Waals surface area (Å²) < 4.78 is 18.5. The van der Waals surface area contributed by atoms with E-state index in [0.717, 1.165) is 33.0 Å². The van der Waals surface area contributed by atoms with Crippen LogP contribution in [0, 0.1) is 0 Å². The predicted molar refractivity (Wildman–Crippen MR) is 88.8 cm³/mol. The van der Waals surface area contributed by atoms with Crippen LogP contribution in [0.4, 0.5) is 0 Å². The molecule has 0 aliphatic carbocycles. The van der Waals surface area contributed by atoms with E-state index in [1.807, 2.05) is 55.6 Å². The van der Waals surface area contributed by atoms with Crippen molar-refractivity contribution in [2.75, 3.05) is 20.2 Å². The molecule has 0 aliphatic rings. The second-order valence-electron chi connectivity index (χ2n) is 4.87. The van der Waals surface area contributed by atoms with Crippen molar-refractivity contribution >= 4 is 21.7 Å². The Bertz CT molecular complexity index is 784. The van der Waals surface area contributed by atoms with E-state index < -0.39 is 10.8 Å². The molecule has 5 heteroatoms. The number of benzene rings is 2. The maximum atomic E-state index is 12.7. The maximum absolute atomic E-state index is 12.7. The van der Waals surface area contributed by atoms with E-state index in [0.29, 0.717) is 6.61 Å². The molecule has 4 nitrogen and oxygen atoms in total. The third-order valence-electron chi connectivity index (χ3n) is 3.41. The minimum Gasteiger partial charge on any atom is -0.490 e. The van der Waals surface area contributed by atoms with Crippen molar-refractivity contribution in [3.8, 4) is 5.75 Å². The van der Waals surface area contributed by atoms with Crippen LogP contribution in [0.5, 0.6) is 5.75 Å². The first kappa shape index (κ1) is 14.8. The summed E-state index contributed by atoms with van der Waals surface area (Å²) in [4.78, 5) is 4.77. The number of aromatic amines is 1. The Labute approximate surface area is 132 Å². The van der Waals surface area contributed by atoms with Gasteiger partial charge in [0.1, 0.15) is 12.4 Å². The second-order valence-corrected chi connectivity index (χ2v) is 6.31. The number of para-hydroxylation sites is 1. The number of likely N-dealkylation sites (N-methyl/N-ethyl adjacent to an activating group) is 1. The molecule has 1 heterocycles. The van der Waals surface area contributed by atoms with Crippen molar-refractivity contribution in [1.29, 1.82) is 0 Å². The Morgan fingerprint density at radius 3 is 2.73 bits per heavy atom. The maximum Gasteiger partial charge on any atom is 0.143 e. The van der Waals surface area contributed by atoms with Crippen molar-refractivity contribution in [3.05, 3.63) is 54.7 Å². The zero-order chi connectivity index (χ0) is 15.4. The van der Waals surface area contributed by atoms with E-state index in [1.165, 1.54) is 0 Å². The van der Waals surface area contributed by atoms with Gasteiger partial charge in [0.15, 0.2) is 0 Å². The fourth-order valence-electron chi connectivity index (χ4n) is 2.31. The fourth-order valence-corrected chi connectivity index (χ4v) is 3.50. The number of fused-ring (bicyclic) bond motifs is 1. The summed E-state index contributed by atoms with van der Waals surface area (Å²) in [6.45, 7) is 1.37. The summed E-state index contributed by atoms with van der Waals surface area (Å²) in [6, 6.07) is 15.3. The highest BCUT2D eigenvalue weighted by molar-refractivity contribution is 7.85. The van der Waals surface area contributed by atoms with E-state index in [-0.39, 0.29) is 0 Å². The van der Waals surface area contributed by atoms with Crippen LogP contribution < -0.4 is 10.1 Å². The Kier molecular flexibility index (Phi) is 4.56. The highest BCUT2D eigenvalue weighted by Crippen LogP contribution is 2.30. The number of hydrogen-bond donors (Lipinski definition) is 2. The van der Waals surface area contributed by atoms with Crippen molar-refractivity contribution in [3.63, 3.8) is 0 Å². The molecule has 22 heavy (non-hydrogen) atoms. The van der Waals surface area contributed by atoms with Crippen LogP contribution in [-0.2, 0) is 10.8 Å². The zero-order valence-corrected chi connectivity index (χ0v) is 13.2. The van der Waals surface area contributed by atoms with Gasteiger partial charge in [0, 0.05) is 23.0 Å². The first-order valence-electron chi connectivity index (χ1n) is 7.15. The lowest BCUT2D eigenvalue weighted by atomic mass is 10.2. The summed E-state index contributed by atoms with van der Waals surface area (Å²) >= 11 is 0. The number of nitrogens with one attached hydrogen (secondary N) is 2. The summed E-state index contributed by atoms with van der Waals surface area (Å²) in [5.74, 6) is 0.782. The molecule has 0 fully saturated rings. The van der Waals surface area contributed by atoms with Gasteiger partial charge < -0.3 is 15.0 Å². The minimum absolute atomic E-state index is 0.589. The van der Waals surface area contributed by atoms with Crippen molar-refractivity contribution in [2.24, 2.45) is 0 Å². The summed E-state index contributed by atoms with van der Waals surface area (Å²) in [5, 5.41) is 3.98. The van der Waals surface area contributed by atoms with Crippen molar-refractivity contribution in [2.45, 2.75) is 9.79 Å². The van der Waals surface area contributed by atoms with Gasteiger partial charge in [0.25, 0.3) is 0 Å². The number of H-pyrrole nitrogens is 1. The van der Waals surface area contributed by atoms with Gasteiger partial charge in [-0.1, -0.05) is 30.3 Å². The van der Waals surface area contributed by atoms with Crippen LogP contribution in [-0.4, -0.2) is 29.4 Å². The topological polar surface area (TPSA) is 54.1 Å². The molecular formula is C17H18N2O2S. The van der Waals surface area contributed by atoms with Gasteiger partial charge in [-0.3, -0.25) is 0 Å². The van der Waals surface area contributed by atoms with Gasteiger partial charge in [-0.15, -0.1) is 0 Å². The molecule has 3 rings (SSSR count). The molecule has 1 aromatic heterocycles. The van der Waals surface area contributed by atoms with E-state index in [1.54, 1.807) is 6.20 Å². The molecule has 1 unspecified atom stereocenters. The average Bonchev–Trinajstić information content (AvgIpc) is 3.00. The van der Waals surface area contributed by atoms with E-state index in [4.69, 9.17) is 4.74 Å². The largest absolute Gasteiger partial charge is 0.490 e.